The van der Waals surface area contributed by atoms with E-state index in [2.05, 4.69) is 13.8 Å². The number of aliphatic hydroxyl groups is 1. The molecule has 1 N–H and O–H groups in total. The maximum Gasteiger partial charge on any atom is 0.295 e. The topological polar surface area (TPSA) is 88.5 Å². The van der Waals surface area contributed by atoms with Gasteiger partial charge >= 0.3 is 0 Å². The van der Waals surface area contributed by atoms with Crippen LogP contribution in [0.25, 0.3) is 5.76 Å². The standard InChI is InChI=1S/C29H36N2O6/c1-19(2)11-14-35-22-8-5-7-20(17-22)26-25(28(33)29(34)31(26)13-6-12-30(3)4)27(32)21-9-10-23-24(18-21)37-16-15-36-23/h5,7-10,17-19,26,32H,6,11-16H2,1-4H3. The summed E-state index contributed by atoms with van der Waals surface area (Å²) in [6, 6.07) is 11.7. The third kappa shape index (κ3) is 6.07. The molecule has 2 heterocycles. The number of hydrogen-bond acceptors (Lipinski definition) is 7. The molecule has 1 atom stereocenters. The molecule has 1 saturated heterocycles. The van der Waals surface area contributed by atoms with Gasteiger partial charge in [-0.25, -0.2) is 0 Å². The van der Waals surface area contributed by atoms with Crippen LogP contribution >= 0.6 is 0 Å². The predicted octanol–water partition coefficient (Wildman–Crippen LogP) is 4.26. The first-order chi connectivity index (χ1) is 17.8. The first-order valence-electron chi connectivity index (χ1n) is 12.8. The van der Waals surface area contributed by atoms with Crippen molar-refractivity contribution in [3.05, 3.63) is 59.2 Å². The summed E-state index contributed by atoms with van der Waals surface area (Å²) in [4.78, 5) is 30.1. The highest BCUT2D eigenvalue weighted by atomic mass is 16.6. The van der Waals surface area contributed by atoms with E-state index in [1.807, 2.05) is 43.3 Å². The first-order valence-corrected chi connectivity index (χ1v) is 12.8. The maximum absolute atomic E-state index is 13.3. The number of ether oxygens (including phenoxy) is 3. The monoisotopic (exact) mass is 508 g/mol. The van der Waals surface area contributed by atoms with Gasteiger partial charge in [-0.15, -0.1) is 0 Å². The molecule has 1 unspecified atom stereocenters. The number of fused-ring (bicyclic) bond motifs is 1. The van der Waals surface area contributed by atoms with Gasteiger partial charge in [-0.3, -0.25) is 9.59 Å². The minimum atomic E-state index is -0.732. The molecule has 0 bridgehead atoms. The van der Waals surface area contributed by atoms with Crippen LogP contribution in [0.15, 0.2) is 48.0 Å². The first kappa shape index (κ1) is 26.5. The number of Topliss-reactive ketones (excluding diaryl/α,β-unsaturated/α-hetero) is 1. The zero-order chi connectivity index (χ0) is 26.5. The maximum atomic E-state index is 13.3. The molecule has 0 aromatic heterocycles. The zero-order valence-corrected chi connectivity index (χ0v) is 22.0. The number of nitrogens with zero attached hydrogens (tertiary/aromatic N) is 2. The minimum Gasteiger partial charge on any atom is -0.507 e. The molecule has 1 fully saturated rings. The van der Waals surface area contributed by atoms with Gasteiger partial charge in [0, 0.05) is 12.1 Å². The highest BCUT2D eigenvalue weighted by molar-refractivity contribution is 6.46. The number of ketones is 1. The van der Waals surface area contributed by atoms with E-state index in [0.29, 0.717) is 67.1 Å². The van der Waals surface area contributed by atoms with Crippen molar-refractivity contribution in [1.29, 1.82) is 0 Å². The molecule has 0 spiro atoms. The van der Waals surface area contributed by atoms with Crippen molar-refractivity contribution in [3.8, 4) is 17.2 Å². The summed E-state index contributed by atoms with van der Waals surface area (Å²) in [5.41, 5.74) is 1.17. The summed E-state index contributed by atoms with van der Waals surface area (Å²) in [5, 5.41) is 11.4. The lowest BCUT2D eigenvalue weighted by atomic mass is 9.95. The average Bonchev–Trinajstić information content (AvgIpc) is 3.13. The Hall–Kier alpha value is -3.52. The highest BCUT2D eigenvalue weighted by Crippen LogP contribution is 2.41. The molecule has 2 aliphatic heterocycles. The van der Waals surface area contributed by atoms with Crippen molar-refractivity contribution in [1.82, 2.24) is 9.80 Å². The number of hydrogen-bond donors (Lipinski definition) is 1. The molecule has 0 radical (unpaired) electrons. The fourth-order valence-electron chi connectivity index (χ4n) is 4.55. The second-order valence-electron chi connectivity index (χ2n) is 10.1. The van der Waals surface area contributed by atoms with Crippen LogP contribution in [-0.4, -0.2) is 73.6 Å². The lowest BCUT2D eigenvalue weighted by molar-refractivity contribution is -0.139. The summed E-state index contributed by atoms with van der Waals surface area (Å²) in [7, 11) is 3.93. The van der Waals surface area contributed by atoms with Crippen molar-refractivity contribution < 1.29 is 28.9 Å². The molecule has 8 nitrogen and oxygen atoms in total. The van der Waals surface area contributed by atoms with E-state index < -0.39 is 17.7 Å². The van der Waals surface area contributed by atoms with E-state index in [4.69, 9.17) is 14.2 Å². The van der Waals surface area contributed by atoms with Crippen molar-refractivity contribution in [2.75, 3.05) is 47.0 Å². The zero-order valence-electron chi connectivity index (χ0n) is 22.0. The average molecular weight is 509 g/mol. The number of aliphatic hydroxyl groups excluding tert-OH is 1. The molecule has 4 rings (SSSR count). The van der Waals surface area contributed by atoms with E-state index in [9.17, 15) is 14.7 Å². The number of carbonyl (C=O) groups is 2. The Morgan fingerprint density at radius 3 is 2.59 bits per heavy atom. The summed E-state index contributed by atoms with van der Waals surface area (Å²) in [6.45, 7) is 6.84. The summed E-state index contributed by atoms with van der Waals surface area (Å²) < 4.78 is 17.2. The largest absolute Gasteiger partial charge is 0.507 e. The second-order valence-corrected chi connectivity index (χ2v) is 10.1. The van der Waals surface area contributed by atoms with Crippen LogP contribution in [0.4, 0.5) is 0 Å². The van der Waals surface area contributed by atoms with Gasteiger partial charge < -0.3 is 29.1 Å². The summed E-state index contributed by atoms with van der Waals surface area (Å²) in [6.07, 6.45) is 1.60. The quantitative estimate of drug-likeness (QED) is 0.292. The molecule has 2 aliphatic rings. The van der Waals surface area contributed by atoms with E-state index >= 15 is 0 Å². The SMILES string of the molecule is CC(C)CCOc1cccc(C2C(=C(O)c3ccc4c(c3)OCCO4)C(=O)C(=O)N2CCCN(C)C)c1. The molecule has 0 aliphatic carbocycles. The third-order valence-corrected chi connectivity index (χ3v) is 6.50. The van der Waals surface area contributed by atoms with Crippen LogP contribution in [-0.2, 0) is 9.59 Å². The van der Waals surface area contributed by atoms with Gasteiger partial charge in [0.15, 0.2) is 11.5 Å². The van der Waals surface area contributed by atoms with Gasteiger partial charge in [-0.1, -0.05) is 26.0 Å². The van der Waals surface area contributed by atoms with Crippen LogP contribution in [0.5, 0.6) is 17.2 Å². The van der Waals surface area contributed by atoms with E-state index in [1.54, 1.807) is 23.1 Å². The molecule has 0 saturated carbocycles. The van der Waals surface area contributed by atoms with E-state index in [-0.39, 0.29) is 11.3 Å². The lowest BCUT2D eigenvalue weighted by Crippen LogP contribution is -2.32. The Kier molecular flexibility index (Phi) is 8.38. The number of amides is 1. The summed E-state index contributed by atoms with van der Waals surface area (Å²) in [5.74, 6) is 0.695. The van der Waals surface area contributed by atoms with Crippen molar-refractivity contribution in [2.24, 2.45) is 5.92 Å². The van der Waals surface area contributed by atoms with Gasteiger partial charge in [0.25, 0.3) is 11.7 Å². The smallest absolute Gasteiger partial charge is 0.295 e. The van der Waals surface area contributed by atoms with E-state index in [1.165, 1.54) is 0 Å². The van der Waals surface area contributed by atoms with Crippen molar-refractivity contribution in [2.45, 2.75) is 32.7 Å². The number of benzene rings is 2. The van der Waals surface area contributed by atoms with Gasteiger partial charge in [-0.05, 0) is 75.3 Å². The van der Waals surface area contributed by atoms with Gasteiger partial charge in [0.05, 0.1) is 18.2 Å². The van der Waals surface area contributed by atoms with Crippen LogP contribution in [0, 0.1) is 5.92 Å². The predicted molar refractivity (Wildman–Crippen MR) is 141 cm³/mol. The van der Waals surface area contributed by atoms with Crippen molar-refractivity contribution in [3.63, 3.8) is 0 Å². The molecule has 2 aromatic carbocycles. The minimum absolute atomic E-state index is 0.0610. The molecule has 37 heavy (non-hydrogen) atoms. The Balaban J connectivity index is 1.73. The lowest BCUT2D eigenvalue weighted by Gasteiger charge is -2.26. The van der Waals surface area contributed by atoms with Crippen LogP contribution in [0.3, 0.4) is 0 Å². The van der Waals surface area contributed by atoms with Crippen LogP contribution in [0.2, 0.25) is 0 Å². The summed E-state index contributed by atoms with van der Waals surface area (Å²) >= 11 is 0. The highest BCUT2D eigenvalue weighted by Gasteiger charge is 2.46. The Bertz CT molecular complexity index is 1170. The molecule has 198 valence electrons. The van der Waals surface area contributed by atoms with Gasteiger partial charge in [0.2, 0.25) is 0 Å². The van der Waals surface area contributed by atoms with Crippen LogP contribution < -0.4 is 14.2 Å². The fraction of sp³-hybridized carbons (Fsp3) is 0.448. The number of carbonyl (C=O) groups excluding carboxylic acids is 2. The Morgan fingerprint density at radius 2 is 1.86 bits per heavy atom. The number of likely N-dealkylation sites (tertiary alicyclic amines) is 1. The van der Waals surface area contributed by atoms with E-state index in [0.717, 1.165) is 13.0 Å². The van der Waals surface area contributed by atoms with Crippen LogP contribution in [0.1, 0.15) is 43.9 Å². The second kappa shape index (κ2) is 11.7. The number of rotatable bonds is 10. The molecular weight excluding hydrogens is 472 g/mol. The fourth-order valence-corrected chi connectivity index (χ4v) is 4.55. The van der Waals surface area contributed by atoms with Crippen molar-refractivity contribution >= 4 is 17.4 Å². The molecule has 2 aromatic rings. The Labute approximate surface area is 218 Å². The molecule has 8 heteroatoms. The Morgan fingerprint density at radius 1 is 1.11 bits per heavy atom. The molecule has 1 amide bonds. The normalized spacial score (nSPS) is 18.6. The molecular formula is C29H36N2O6. The van der Waals surface area contributed by atoms with Gasteiger partial charge in [0.1, 0.15) is 24.7 Å². The van der Waals surface area contributed by atoms with Gasteiger partial charge in [-0.2, -0.15) is 0 Å². The third-order valence-electron chi connectivity index (χ3n) is 6.50.